The minimum atomic E-state index is -0.214. The van der Waals surface area contributed by atoms with E-state index in [1.807, 2.05) is 11.4 Å². The summed E-state index contributed by atoms with van der Waals surface area (Å²) in [6.07, 6.45) is 3.42. The fourth-order valence-electron chi connectivity index (χ4n) is 2.61. The SMILES string of the molecule is C[C@@H]1CC[C@@H](C(N)=O)CN1c1ncnc2ccsc12. The van der Waals surface area contributed by atoms with Gasteiger partial charge in [0.15, 0.2) is 0 Å². The van der Waals surface area contributed by atoms with Crippen molar-refractivity contribution in [1.29, 1.82) is 0 Å². The van der Waals surface area contributed by atoms with Gasteiger partial charge in [0.05, 0.1) is 16.1 Å². The zero-order valence-electron chi connectivity index (χ0n) is 10.7. The van der Waals surface area contributed by atoms with E-state index in [2.05, 4.69) is 21.8 Å². The number of fused-ring (bicyclic) bond motifs is 1. The number of thiophene rings is 1. The highest BCUT2D eigenvalue weighted by molar-refractivity contribution is 7.17. The predicted molar refractivity (Wildman–Crippen MR) is 76.1 cm³/mol. The molecule has 2 atom stereocenters. The lowest BCUT2D eigenvalue weighted by molar-refractivity contribution is -0.122. The number of nitrogens with zero attached hydrogens (tertiary/aromatic N) is 3. The maximum Gasteiger partial charge on any atom is 0.222 e. The van der Waals surface area contributed by atoms with E-state index in [1.54, 1.807) is 17.7 Å². The summed E-state index contributed by atoms with van der Waals surface area (Å²) in [4.78, 5) is 22.3. The van der Waals surface area contributed by atoms with E-state index in [0.29, 0.717) is 12.6 Å². The molecule has 0 radical (unpaired) electrons. The number of anilines is 1. The van der Waals surface area contributed by atoms with Crippen molar-refractivity contribution in [3.63, 3.8) is 0 Å². The molecule has 0 bridgehead atoms. The summed E-state index contributed by atoms with van der Waals surface area (Å²) >= 11 is 1.64. The lowest BCUT2D eigenvalue weighted by Gasteiger charge is -2.37. The highest BCUT2D eigenvalue weighted by atomic mass is 32.1. The second-order valence-electron chi connectivity index (χ2n) is 5.01. The highest BCUT2D eigenvalue weighted by Gasteiger charge is 2.30. The summed E-state index contributed by atoms with van der Waals surface area (Å²) in [5.41, 5.74) is 6.41. The molecule has 2 aromatic rings. The van der Waals surface area contributed by atoms with Gasteiger partial charge in [-0.3, -0.25) is 4.79 Å². The normalized spacial score (nSPS) is 23.7. The Bertz CT molecular complexity index is 611. The maximum atomic E-state index is 11.4. The number of carbonyl (C=O) groups excluding carboxylic acids is 1. The van der Waals surface area contributed by atoms with E-state index >= 15 is 0 Å². The maximum absolute atomic E-state index is 11.4. The second-order valence-corrected chi connectivity index (χ2v) is 5.93. The van der Waals surface area contributed by atoms with Gasteiger partial charge in [0.25, 0.3) is 0 Å². The monoisotopic (exact) mass is 276 g/mol. The summed E-state index contributed by atoms with van der Waals surface area (Å²) in [5, 5.41) is 2.02. The van der Waals surface area contributed by atoms with E-state index in [1.165, 1.54) is 0 Å². The first kappa shape index (κ1) is 12.3. The lowest BCUT2D eigenvalue weighted by atomic mass is 9.93. The summed E-state index contributed by atoms with van der Waals surface area (Å²) in [7, 11) is 0. The quantitative estimate of drug-likeness (QED) is 0.907. The van der Waals surface area contributed by atoms with Crippen LogP contribution in [-0.4, -0.2) is 28.5 Å². The number of nitrogens with two attached hydrogens (primary N) is 1. The molecule has 3 rings (SSSR count). The third kappa shape index (κ3) is 2.16. The molecule has 5 nitrogen and oxygen atoms in total. The summed E-state index contributed by atoms with van der Waals surface area (Å²) in [6.45, 7) is 2.82. The lowest BCUT2D eigenvalue weighted by Crippen LogP contribution is -2.46. The van der Waals surface area contributed by atoms with Crippen molar-refractivity contribution in [1.82, 2.24) is 9.97 Å². The number of carbonyl (C=O) groups is 1. The number of aromatic nitrogens is 2. The Labute approximate surface area is 115 Å². The molecule has 2 aromatic heterocycles. The Balaban J connectivity index is 1.99. The molecule has 1 aliphatic heterocycles. The molecule has 6 heteroatoms. The van der Waals surface area contributed by atoms with Crippen LogP contribution in [0.25, 0.3) is 10.2 Å². The summed E-state index contributed by atoms with van der Waals surface area (Å²) < 4.78 is 1.08. The molecule has 1 aliphatic rings. The molecule has 2 N–H and O–H groups in total. The zero-order valence-corrected chi connectivity index (χ0v) is 11.6. The van der Waals surface area contributed by atoms with Crippen molar-refractivity contribution >= 4 is 33.3 Å². The average Bonchev–Trinajstić information content (AvgIpc) is 2.87. The summed E-state index contributed by atoms with van der Waals surface area (Å²) in [5.74, 6) is 0.632. The third-order valence-electron chi connectivity index (χ3n) is 3.78. The van der Waals surface area contributed by atoms with Crippen LogP contribution < -0.4 is 10.6 Å². The molecule has 19 heavy (non-hydrogen) atoms. The Morgan fingerprint density at radius 2 is 2.32 bits per heavy atom. The fraction of sp³-hybridized carbons (Fsp3) is 0.462. The molecule has 0 spiro atoms. The van der Waals surface area contributed by atoms with Crippen LogP contribution in [0.3, 0.4) is 0 Å². The van der Waals surface area contributed by atoms with Gasteiger partial charge in [-0.2, -0.15) is 0 Å². The van der Waals surface area contributed by atoms with Crippen LogP contribution >= 0.6 is 11.3 Å². The van der Waals surface area contributed by atoms with Gasteiger partial charge in [0, 0.05) is 12.6 Å². The number of rotatable bonds is 2. The predicted octanol–water partition coefficient (Wildman–Crippen LogP) is 1.78. The van der Waals surface area contributed by atoms with Crippen molar-refractivity contribution in [2.75, 3.05) is 11.4 Å². The molecule has 0 saturated carbocycles. The van der Waals surface area contributed by atoms with E-state index in [9.17, 15) is 4.79 Å². The van der Waals surface area contributed by atoms with Gasteiger partial charge < -0.3 is 10.6 Å². The minimum Gasteiger partial charge on any atom is -0.369 e. The average molecular weight is 276 g/mol. The molecule has 0 aliphatic carbocycles. The number of primary amides is 1. The Hall–Kier alpha value is -1.69. The molecule has 0 unspecified atom stereocenters. The zero-order chi connectivity index (χ0) is 13.4. The molecule has 3 heterocycles. The Morgan fingerprint density at radius 3 is 3.11 bits per heavy atom. The fourth-order valence-corrected chi connectivity index (χ4v) is 3.46. The molecule has 1 amide bonds. The van der Waals surface area contributed by atoms with Crippen molar-refractivity contribution < 1.29 is 4.79 Å². The molecule has 1 saturated heterocycles. The number of hydrogen-bond acceptors (Lipinski definition) is 5. The van der Waals surface area contributed by atoms with Crippen molar-refractivity contribution in [2.24, 2.45) is 11.7 Å². The highest BCUT2D eigenvalue weighted by Crippen LogP contribution is 2.33. The molecular formula is C13H16N4OS. The second kappa shape index (κ2) is 4.77. The molecule has 0 aromatic carbocycles. The number of amides is 1. The van der Waals surface area contributed by atoms with Crippen LogP contribution in [0.1, 0.15) is 19.8 Å². The summed E-state index contributed by atoms with van der Waals surface area (Å²) in [6, 6.07) is 2.36. The number of hydrogen-bond donors (Lipinski definition) is 1. The Kier molecular flexibility index (Phi) is 3.10. The van der Waals surface area contributed by atoms with Gasteiger partial charge in [-0.15, -0.1) is 11.3 Å². The minimum absolute atomic E-state index is 0.0822. The van der Waals surface area contributed by atoms with Crippen molar-refractivity contribution in [2.45, 2.75) is 25.8 Å². The van der Waals surface area contributed by atoms with Crippen LogP contribution in [0, 0.1) is 5.92 Å². The van der Waals surface area contributed by atoms with Crippen LogP contribution in [0.5, 0.6) is 0 Å². The van der Waals surface area contributed by atoms with Gasteiger partial charge in [0.1, 0.15) is 12.1 Å². The molecule has 100 valence electrons. The van der Waals surface area contributed by atoms with Gasteiger partial charge in [-0.05, 0) is 31.2 Å². The van der Waals surface area contributed by atoms with Crippen LogP contribution in [-0.2, 0) is 4.79 Å². The topological polar surface area (TPSA) is 72.1 Å². The van der Waals surface area contributed by atoms with Crippen LogP contribution in [0.15, 0.2) is 17.8 Å². The standard InChI is InChI=1S/C13H16N4OS/c1-8-2-3-9(12(14)18)6-17(8)13-11-10(4-5-19-11)15-7-16-13/h4-5,7-9H,2-3,6H2,1H3,(H2,14,18)/t8-,9-/m1/s1. The smallest absolute Gasteiger partial charge is 0.222 e. The van der Waals surface area contributed by atoms with E-state index in [0.717, 1.165) is 28.9 Å². The largest absolute Gasteiger partial charge is 0.369 e. The van der Waals surface area contributed by atoms with Gasteiger partial charge in [-0.1, -0.05) is 0 Å². The van der Waals surface area contributed by atoms with Gasteiger partial charge in [0.2, 0.25) is 5.91 Å². The molecular weight excluding hydrogens is 260 g/mol. The Morgan fingerprint density at radius 1 is 1.47 bits per heavy atom. The molecule has 1 fully saturated rings. The first-order valence-electron chi connectivity index (χ1n) is 6.41. The van der Waals surface area contributed by atoms with E-state index < -0.39 is 0 Å². The third-order valence-corrected chi connectivity index (χ3v) is 4.68. The van der Waals surface area contributed by atoms with Gasteiger partial charge >= 0.3 is 0 Å². The first-order chi connectivity index (χ1) is 9.16. The van der Waals surface area contributed by atoms with Crippen molar-refractivity contribution in [3.05, 3.63) is 17.8 Å². The van der Waals surface area contributed by atoms with Crippen LogP contribution in [0.4, 0.5) is 5.82 Å². The van der Waals surface area contributed by atoms with Crippen molar-refractivity contribution in [3.8, 4) is 0 Å². The van der Waals surface area contributed by atoms with E-state index in [4.69, 9.17) is 5.73 Å². The van der Waals surface area contributed by atoms with Gasteiger partial charge in [-0.25, -0.2) is 9.97 Å². The van der Waals surface area contributed by atoms with Crippen LogP contribution in [0.2, 0.25) is 0 Å². The van der Waals surface area contributed by atoms with E-state index in [-0.39, 0.29) is 11.8 Å². The number of piperidine rings is 1. The first-order valence-corrected chi connectivity index (χ1v) is 7.29.